The molecule has 2 aromatic rings. The monoisotopic (exact) mass is 289 g/mol. The summed E-state index contributed by atoms with van der Waals surface area (Å²) in [6.45, 7) is 2.63. The van der Waals surface area contributed by atoms with E-state index in [4.69, 9.17) is 11.6 Å². The summed E-state index contributed by atoms with van der Waals surface area (Å²) in [6.07, 6.45) is 5.42. The van der Waals surface area contributed by atoms with E-state index in [1.807, 2.05) is 25.3 Å². The van der Waals surface area contributed by atoms with Gasteiger partial charge in [0.05, 0.1) is 5.92 Å². The maximum Gasteiger partial charge on any atom is 0.229 e. The number of fused-ring (bicyclic) bond motifs is 1. The van der Waals surface area contributed by atoms with Gasteiger partial charge in [0.25, 0.3) is 0 Å². The minimum Gasteiger partial charge on any atom is -0.334 e. The first-order valence-electron chi connectivity index (χ1n) is 6.70. The van der Waals surface area contributed by atoms with Crippen molar-refractivity contribution in [2.24, 2.45) is 5.92 Å². The van der Waals surface area contributed by atoms with E-state index < -0.39 is 0 Å². The summed E-state index contributed by atoms with van der Waals surface area (Å²) in [5, 5.41) is 3.68. The van der Waals surface area contributed by atoms with E-state index in [-0.39, 0.29) is 11.8 Å². The van der Waals surface area contributed by atoms with Crippen molar-refractivity contribution in [3.05, 3.63) is 47.0 Å². The van der Waals surface area contributed by atoms with Crippen molar-refractivity contribution in [1.82, 2.24) is 9.55 Å². The third kappa shape index (κ3) is 2.56. The van der Waals surface area contributed by atoms with Gasteiger partial charge in [-0.1, -0.05) is 11.6 Å². The molecule has 0 fully saturated rings. The lowest BCUT2D eigenvalue weighted by Crippen LogP contribution is -2.31. The zero-order valence-electron chi connectivity index (χ0n) is 11.3. The normalized spacial score (nSPS) is 17.6. The number of carbonyl (C=O) groups excluding carboxylic acids is 1. The van der Waals surface area contributed by atoms with Crippen LogP contribution >= 0.6 is 11.6 Å². The number of benzene rings is 1. The molecular formula is C15H16ClN3O. The summed E-state index contributed by atoms with van der Waals surface area (Å²) in [4.78, 5) is 16.6. The number of imidazole rings is 1. The number of nitrogens with zero attached hydrogens (tertiary/aromatic N) is 2. The first-order valence-corrected chi connectivity index (χ1v) is 7.08. The van der Waals surface area contributed by atoms with Crippen LogP contribution in [0.5, 0.6) is 0 Å². The predicted molar refractivity (Wildman–Crippen MR) is 78.9 cm³/mol. The third-order valence-corrected chi connectivity index (χ3v) is 4.16. The van der Waals surface area contributed by atoms with Crippen molar-refractivity contribution in [3.63, 3.8) is 0 Å². The third-order valence-electron chi connectivity index (χ3n) is 3.73. The molecule has 0 radical (unpaired) electrons. The molecule has 1 atom stereocenters. The number of hydrogen-bond acceptors (Lipinski definition) is 2. The molecule has 0 aliphatic carbocycles. The van der Waals surface area contributed by atoms with Crippen molar-refractivity contribution < 1.29 is 4.79 Å². The first kappa shape index (κ1) is 13.2. The topological polar surface area (TPSA) is 46.9 Å². The van der Waals surface area contributed by atoms with Gasteiger partial charge in [-0.25, -0.2) is 4.98 Å². The summed E-state index contributed by atoms with van der Waals surface area (Å²) < 4.78 is 2.06. The van der Waals surface area contributed by atoms with Crippen LogP contribution in [0.25, 0.3) is 0 Å². The number of halogens is 1. The van der Waals surface area contributed by atoms with Gasteiger partial charge in [0.2, 0.25) is 5.91 Å². The largest absolute Gasteiger partial charge is 0.334 e. The van der Waals surface area contributed by atoms with Gasteiger partial charge in [-0.3, -0.25) is 4.79 Å². The van der Waals surface area contributed by atoms with Crippen LogP contribution < -0.4 is 5.32 Å². The first-order chi connectivity index (χ1) is 9.63. The van der Waals surface area contributed by atoms with Gasteiger partial charge in [-0.05, 0) is 37.1 Å². The smallest absolute Gasteiger partial charge is 0.229 e. The summed E-state index contributed by atoms with van der Waals surface area (Å²) in [5.41, 5.74) is 1.76. The number of nitrogens with one attached hydrogen (secondary N) is 1. The van der Waals surface area contributed by atoms with Crippen molar-refractivity contribution >= 4 is 23.2 Å². The maximum atomic E-state index is 12.3. The van der Waals surface area contributed by atoms with Gasteiger partial charge < -0.3 is 9.88 Å². The summed E-state index contributed by atoms with van der Waals surface area (Å²) in [6, 6.07) is 5.53. The van der Waals surface area contributed by atoms with E-state index in [9.17, 15) is 4.79 Å². The van der Waals surface area contributed by atoms with E-state index in [1.54, 1.807) is 12.3 Å². The highest BCUT2D eigenvalue weighted by molar-refractivity contribution is 6.31. The Morgan fingerprint density at radius 1 is 1.50 bits per heavy atom. The molecule has 3 rings (SSSR count). The molecule has 1 aromatic heterocycles. The molecule has 0 bridgehead atoms. The van der Waals surface area contributed by atoms with Gasteiger partial charge in [0, 0.05) is 36.1 Å². The molecule has 104 valence electrons. The van der Waals surface area contributed by atoms with Crippen LogP contribution in [0.2, 0.25) is 5.02 Å². The minimum absolute atomic E-state index is 0.00677. The molecule has 1 N–H and O–H groups in total. The van der Waals surface area contributed by atoms with Gasteiger partial charge >= 0.3 is 0 Å². The molecule has 1 aliphatic heterocycles. The molecule has 5 heteroatoms. The fourth-order valence-corrected chi connectivity index (χ4v) is 2.66. The van der Waals surface area contributed by atoms with Gasteiger partial charge in [0.1, 0.15) is 5.82 Å². The van der Waals surface area contributed by atoms with Crippen LogP contribution in [0, 0.1) is 12.8 Å². The number of hydrogen-bond donors (Lipinski definition) is 1. The quantitative estimate of drug-likeness (QED) is 0.924. The number of rotatable bonds is 2. The molecule has 1 aliphatic rings. The lowest BCUT2D eigenvalue weighted by Gasteiger charge is -2.23. The van der Waals surface area contributed by atoms with E-state index in [2.05, 4.69) is 14.9 Å². The molecule has 1 aromatic carbocycles. The fourth-order valence-electron chi connectivity index (χ4n) is 2.55. The van der Waals surface area contributed by atoms with Gasteiger partial charge in [0.15, 0.2) is 0 Å². The number of aryl methyl sites for hydroxylation is 2. The molecule has 1 amide bonds. The standard InChI is InChI=1S/C15H16ClN3O/c1-10-8-12(3-4-13(10)16)18-15(20)11-2-5-14-17-6-7-19(14)9-11/h3-4,6-8,11H,2,5,9H2,1H3,(H,18,20). The number of amides is 1. The Bertz CT molecular complexity index is 650. The SMILES string of the molecule is Cc1cc(NC(=O)C2CCc3nccn3C2)ccc1Cl. The van der Waals surface area contributed by atoms with Crippen LogP contribution in [-0.2, 0) is 17.8 Å². The zero-order chi connectivity index (χ0) is 14.1. The second kappa shape index (κ2) is 5.29. The molecule has 2 heterocycles. The average Bonchev–Trinajstić information content (AvgIpc) is 2.90. The Morgan fingerprint density at radius 3 is 3.15 bits per heavy atom. The highest BCUT2D eigenvalue weighted by Gasteiger charge is 2.24. The summed E-state index contributed by atoms with van der Waals surface area (Å²) in [5.74, 6) is 1.12. The van der Waals surface area contributed by atoms with Crippen molar-refractivity contribution in [2.45, 2.75) is 26.3 Å². The van der Waals surface area contributed by atoms with E-state index in [1.165, 1.54) is 0 Å². The fraction of sp³-hybridized carbons (Fsp3) is 0.333. The van der Waals surface area contributed by atoms with Crippen LogP contribution in [-0.4, -0.2) is 15.5 Å². The molecule has 20 heavy (non-hydrogen) atoms. The van der Waals surface area contributed by atoms with Crippen molar-refractivity contribution in [3.8, 4) is 0 Å². The Morgan fingerprint density at radius 2 is 2.35 bits per heavy atom. The molecular weight excluding hydrogens is 274 g/mol. The minimum atomic E-state index is -0.00677. The summed E-state index contributed by atoms with van der Waals surface area (Å²) >= 11 is 5.99. The maximum absolute atomic E-state index is 12.3. The lowest BCUT2D eigenvalue weighted by molar-refractivity contribution is -0.120. The molecule has 0 spiro atoms. The predicted octanol–water partition coefficient (Wildman–Crippen LogP) is 3.05. The second-order valence-corrected chi connectivity index (χ2v) is 5.59. The van der Waals surface area contributed by atoms with Crippen LogP contribution in [0.1, 0.15) is 17.8 Å². The molecule has 0 saturated carbocycles. The Balaban J connectivity index is 1.69. The Labute approximate surface area is 122 Å². The van der Waals surface area contributed by atoms with Gasteiger partial charge in [-0.15, -0.1) is 0 Å². The van der Waals surface area contributed by atoms with Crippen LogP contribution in [0.3, 0.4) is 0 Å². The van der Waals surface area contributed by atoms with Crippen molar-refractivity contribution in [1.29, 1.82) is 0 Å². The van der Waals surface area contributed by atoms with E-state index in [0.29, 0.717) is 11.6 Å². The van der Waals surface area contributed by atoms with Crippen LogP contribution in [0.15, 0.2) is 30.6 Å². The van der Waals surface area contributed by atoms with E-state index in [0.717, 1.165) is 29.9 Å². The highest BCUT2D eigenvalue weighted by Crippen LogP contribution is 2.23. The lowest BCUT2D eigenvalue weighted by atomic mass is 9.98. The van der Waals surface area contributed by atoms with Crippen LogP contribution in [0.4, 0.5) is 5.69 Å². The molecule has 0 saturated heterocycles. The van der Waals surface area contributed by atoms with Gasteiger partial charge in [-0.2, -0.15) is 0 Å². The Hall–Kier alpha value is -1.81. The second-order valence-electron chi connectivity index (χ2n) is 5.18. The molecule has 4 nitrogen and oxygen atoms in total. The molecule has 1 unspecified atom stereocenters. The summed E-state index contributed by atoms with van der Waals surface area (Å²) in [7, 11) is 0. The van der Waals surface area contributed by atoms with E-state index >= 15 is 0 Å². The zero-order valence-corrected chi connectivity index (χ0v) is 12.0. The number of carbonyl (C=O) groups is 1. The Kier molecular flexibility index (Phi) is 3.49. The number of aromatic nitrogens is 2. The highest BCUT2D eigenvalue weighted by atomic mass is 35.5. The van der Waals surface area contributed by atoms with Crippen molar-refractivity contribution in [2.75, 3.05) is 5.32 Å². The average molecular weight is 290 g/mol. The number of anilines is 1.